The monoisotopic (exact) mass is 249 g/mol. The number of ether oxygens (including phenoxy) is 1. The van der Waals surface area contributed by atoms with Crippen LogP contribution in [-0.2, 0) is 6.54 Å². The number of benzene rings is 1. The van der Waals surface area contributed by atoms with Crippen LogP contribution in [-0.4, -0.2) is 12.1 Å². The van der Waals surface area contributed by atoms with Gasteiger partial charge in [-0.2, -0.15) is 0 Å². The second-order valence-electron chi connectivity index (χ2n) is 5.43. The molecular weight excluding hydrogens is 229 g/mol. The van der Waals surface area contributed by atoms with E-state index in [2.05, 4.69) is 5.32 Å². The molecule has 2 fully saturated rings. The van der Waals surface area contributed by atoms with E-state index >= 15 is 0 Å². The van der Waals surface area contributed by atoms with Crippen molar-refractivity contribution in [2.24, 2.45) is 0 Å². The maximum absolute atomic E-state index is 13.3. The summed E-state index contributed by atoms with van der Waals surface area (Å²) in [6.07, 6.45) is 7.58. The second kappa shape index (κ2) is 5.27. The quantitative estimate of drug-likeness (QED) is 0.863. The first-order chi connectivity index (χ1) is 8.81. The Morgan fingerprint density at radius 3 is 2.67 bits per heavy atom. The molecule has 3 heteroatoms. The highest BCUT2D eigenvalue weighted by molar-refractivity contribution is 5.34. The normalized spacial score (nSPS) is 20.3. The van der Waals surface area contributed by atoms with E-state index in [1.165, 1.54) is 31.7 Å². The number of nitrogens with one attached hydrogen (secondary N) is 1. The lowest BCUT2D eigenvalue weighted by molar-refractivity contribution is 0.207. The lowest BCUT2D eigenvalue weighted by atomic mass is 10.2. The van der Waals surface area contributed by atoms with Crippen LogP contribution in [0.25, 0.3) is 0 Å². The highest BCUT2D eigenvalue weighted by atomic mass is 19.1. The van der Waals surface area contributed by atoms with Gasteiger partial charge in [0.2, 0.25) is 0 Å². The molecule has 1 aromatic rings. The molecule has 0 atom stereocenters. The van der Waals surface area contributed by atoms with Crippen LogP contribution in [0.1, 0.15) is 44.1 Å². The van der Waals surface area contributed by atoms with Gasteiger partial charge in [-0.25, -0.2) is 4.39 Å². The SMILES string of the molecule is Fc1ccc(OC2CCCC2)c(CNC2CC2)c1. The zero-order chi connectivity index (χ0) is 12.4. The smallest absolute Gasteiger partial charge is 0.124 e. The van der Waals surface area contributed by atoms with Crippen molar-refractivity contribution in [2.45, 2.75) is 57.2 Å². The zero-order valence-corrected chi connectivity index (χ0v) is 10.6. The van der Waals surface area contributed by atoms with Crippen molar-refractivity contribution in [1.29, 1.82) is 0 Å². The highest BCUT2D eigenvalue weighted by Crippen LogP contribution is 2.28. The molecule has 2 saturated carbocycles. The van der Waals surface area contributed by atoms with E-state index in [9.17, 15) is 4.39 Å². The molecular formula is C15H20FNO. The molecule has 0 bridgehead atoms. The summed E-state index contributed by atoms with van der Waals surface area (Å²) in [6, 6.07) is 5.50. The molecule has 2 aliphatic rings. The van der Waals surface area contributed by atoms with Crippen LogP contribution in [0.5, 0.6) is 5.75 Å². The molecule has 0 radical (unpaired) electrons. The predicted octanol–water partition coefficient (Wildman–Crippen LogP) is 3.40. The Kier molecular flexibility index (Phi) is 3.50. The van der Waals surface area contributed by atoms with Crippen LogP contribution < -0.4 is 10.1 Å². The molecule has 0 heterocycles. The van der Waals surface area contributed by atoms with Gasteiger partial charge in [-0.15, -0.1) is 0 Å². The summed E-state index contributed by atoms with van der Waals surface area (Å²) < 4.78 is 19.3. The van der Waals surface area contributed by atoms with Gasteiger partial charge in [0.1, 0.15) is 11.6 Å². The van der Waals surface area contributed by atoms with Gasteiger partial charge in [0.25, 0.3) is 0 Å². The van der Waals surface area contributed by atoms with E-state index in [0.717, 1.165) is 24.2 Å². The summed E-state index contributed by atoms with van der Waals surface area (Å²) in [5.74, 6) is 0.679. The molecule has 98 valence electrons. The number of rotatable bonds is 5. The van der Waals surface area contributed by atoms with E-state index < -0.39 is 0 Å². The van der Waals surface area contributed by atoms with Gasteiger partial charge in [-0.1, -0.05) is 0 Å². The van der Waals surface area contributed by atoms with E-state index in [0.29, 0.717) is 18.7 Å². The third-order valence-corrected chi connectivity index (χ3v) is 3.78. The van der Waals surface area contributed by atoms with Gasteiger partial charge in [0.15, 0.2) is 0 Å². The average Bonchev–Trinajstić information content (AvgIpc) is 3.06. The molecule has 0 saturated heterocycles. The maximum Gasteiger partial charge on any atom is 0.124 e. The van der Waals surface area contributed by atoms with Crippen molar-refractivity contribution >= 4 is 0 Å². The molecule has 2 nitrogen and oxygen atoms in total. The Bertz CT molecular complexity index is 411. The highest BCUT2D eigenvalue weighted by Gasteiger charge is 2.22. The number of halogens is 1. The summed E-state index contributed by atoms with van der Waals surface area (Å²) >= 11 is 0. The molecule has 0 aromatic heterocycles. The van der Waals surface area contributed by atoms with Crippen LogP contribution in [0, 0.1) is 5.82 Å². The summed E-state index contributed by atoms with van der Waals surface area (Å²) in [6.45, 7) is 0.713. The third-order valence-electron chi connectivity index (χ3n) is 3.78. The lowest BCUT2D eigenvalue weighted by Crippen LogP contribution is -2.18. The Hall–Kier alpha value is -1.09. The van der Waals surface area contributed by atoms with Gasteiger partial charge in [0.05, 0.1) is 6.10 Å². The fraction of sp³-hybridized carbons (Fsp3) is 0.600. The van der Waals surface area contributed by atoms with Crippen LogP contribution >= 0.6 is 0 Å². The fourth-order valence-electron chi connectivity index (χ4n) is 2.53. The second-order valence-corrected chi connectivity index (χ2v) is 5.43. The maximum atomic E-state index is 13.3. The van der Waals surface area contributed by atoms with Crippen LogP contribution in [0.4, 0.5) is 4.39 Å². The minimum Gasteiger partial charge on any atom is -0.490 e. The topological polar surface area (TPSA) is 21.3 Å². The molecule has 3 rings (SSSR count). The van der Waals surface area contributed by atoms with Crippen molar-refractivity contribution in [2.75, 3.05) is 0 Å². The third kappa shape index (κ3) is 3.02. The predicted molar refractivity (Wildman–Crippen MR) is 69.1 cm³/mol. The van der Waals surface area contributed by atoms with E-state index in [1.54, 1.807) is 12.1 Å². The van der Waals surface area contributed by atoms with Crippen molar-refractivity contribution < 1.29 is 9.13 Å². The summed E-state index contributed by atoms with van der Waals surface area (Å²) in [5.41, 5.74) is 0.953. The minimum absolute atomic E-state index is 0.179. The largest absolute Gasteiger partial charge is 0.490 e. The Balaban J connectivity index is 1.69. The van der Waals surface area contributed by atoms with E-state index in [1.807, 2.05) is 0 Å². The van der Waals surface area contributed by atoms with Crippen molar-refractivity contribution in [1.82, 2.24) is 5.32 Å². The first-order valence-corrected chi connectivity index (χ1v) is 7.00. The van der Waals surface area contributed by atoms with Crippen molar-refractivity contribution in [3.8, 4) is 5.75 Å². The first-order valence-electron chi connectivity index (χ1n) is 7.00. The van der Waals surface area contributed by atoms with E-state index in [4.69, 9.17) is 4.74 Å². The zero-order valence-electron chi connectivity index (χ0n) is 10.6. The van der Waals surface area contributed by atoms with Crippen LogP contribution in [0.15, 0.2) is 18.2 Å². The Morgan fingerprint density at radius 1 is 1.17 bits per heavy atom. The first kappa shape index (κ1) is 12.0. The fourth-order valence-corrected chi connectivity index (χ4v) is 2.53. The molecule has 2 aliphatic carbocycles. The average molecular weight is 249 g/mol. The molecule has 1 aromatic carbocycles. The molecule has 0 aliphatic heterocycles. The van der Waals surface area contributed by atoms with Crippen molar-refractivity contribution in [3.63, 3.8) is 0 Å². The lowest BCUT2D eigenvalue weighted by Gasteiger charge is -2.17. The van der Waals surface area contributed by atoms with Gasteiger partial charge in [-0.05, 0) is 56.7 Å². The summed E-state index contributed by atoms with van der Waals surface area (Å²) in [5, 5.41) is 3.42. The van der Waals surface area contributed by atoms with Crippen LogP contribution in [0.2, 0.25) is 0 Å². The van der Waals surface area contributed by atoms with Crippen molar-refractivity contribution in [3.05, 3.63) is 29.6 Å². The summed E-state index contributed by atoms with van der Waals surface area (Å²) in [4.78, 5) is 0. The summed E-state index contributed by atoms with van der Waals surface area (Å²) in [7, 11) is 0. The molecule has 0 spiro atoms. The van der Waals surface area contributed by atoms with Gasteiger partial charge < -0.3 is 10.1 Å². The molecule has 0 unspecified atom stereocenters. The van der Waals surface area contributed by atoms with Gasteiger partial charge in [0, 0.05) is 18.2 Å². The number of hydrogen-bond donors (Lipinski definition) is 1. The Morgan fingerprint density at radius 2 is 1.94 bits per heavy atom. The van der Waals surface area contributed by atoms with Gasteiger partial charge >= 0.3 is 0 Å². The van der Waals surface area contributed by atoms with Gasteiger partial charge in [-0.3, -0.25) is 0 Å². The Labute approximate surface area is 108 Å². The molecule has 0 amide bonds. The number of hydrogen-bond acceptors (Lipinski definition) is 2. The van der Waals surface area contributed by atoms with Crippen LogP contribution in [0.3, 0.4) is 0 Å². The molecule has 1 N–H and O–H groups in total. The van der Waals surface area contributed by atoms with E-state index in [-0.39, 0.29) is 5.82 Å². The standard InChI is InChI=1S/C15H20FNO/c16-12-5-8-15(18-14-3-1-2-4-14)11(9-12)10-17-13-6-7-13/h5,8-9,13-14,17H,1-4,6-7,10H2. The molecule has 18 heavy (non-hydrogen) atoms. The minimum atomic E-state index is -0.179.